The second-order valence-corrected chi connectivity index (χ2v) is 8.88. The van der Waals surface area contributed by atoms with Crippen LogP contribution in [-0.4, -0.2) is 14.7 Å². The minimum Gasteiger partial charge on any atom is -0.454 e. The molecule has 1 aliphatic heterocycles. The molecular weight excluding hydrogens is 372 g/mol. The molecule has 0 atom stereocenters. The molecule has 0 unspecified atom stereocenters. The zero-order valence-electron chi connectivity index (χ0n) is 15.6. The quantitative estimate of drug-likeness (QED) is 0.485. The highest BCUT2D eigenvalue weighted by molar-refractivity contribution is 7.91. The third-order valence-electron chi connectivity index (χ3n) is 4.99. The predicted molar refractivity (Wildman–Crippen MR) is 112 cm³/mol. The van der Waals surface area contributed by atoms with Gasteiger partial charge in [-0.25, -0.2) is 8.42 Å². The van der Waals surface area contributed by atoms with E-state index in [1.807, 2.05) is 43.3 Å². The highest BCUT2D eigenvalue weighted by atomic mass is 32.2. The van der Waals surface area contributed by atoms with Crippen molar-refractivity contribution in [2.75, 3.05) is 17.7 Å². The topological polar surface area (TPSA) is 95.4 Å². The summed E-state index contributed by atoms with van der Waals surface area (Å²) in [5.74, 6) is 0.753. The Kier molecular flexibility index (Phi) is 3.97. The summed E-state index contributed by atoms with van der Waals surface area (Å²) in [4.78, 5) is -0.0171. The number of hydrogen-bond donors (Lipinski definition) is 2. The van der Waals surface area contributed by atoms with E-state index in [1.165, 1.54) is 0 Å². The Morgan fingerprint density at radius 3 is 2.14 bits per heavy atom. The zero-order chi connectivity index (χ0) is 20.2. The molecule has 4 N–H and O–H groups in total. The first kappa shape index (κ1) is 18.1. The van der Waals surface area contributed by atoms with Gasteiger partial charge in [0.2, 0.25) is 0 Å². The second-order valence-electron chi connectivity index (χ2n) is 6.92. The Hall–Kier alpha value is -3.25. The molecule has 1 aliphatic rings. The van der Waals surface area contributed by atoms with Gasteiger partial charge in [0, 0.05) is 34.2 Å². The molecule has 3 aromatic rings. The molecule has 0 aliphatic carbocycles. The van der Waals surface area contributed by atoms with Crippen LogP contribution < -0.4 is 26.6 Å². The van der Waals surface area contributed by atoms with Crippen LogP contribution in [0.4, 0.5) is 11.4 Å². The van der Waals surface area contributed by atoms with Crippen LogP contribution in [0.25, 0.3) is 12.2 Å². The largest absolute Gasteiger partial charge is 0.454 e. The fraction of sp³-hybridized carbons (Fsp3) is 0.0909. The van der Waals surface area contributed by atoms with E-state index in [0.29, 0.717) is 17.0 Å². The summed E-state index contributed by atoms with van der Waals surface area (Å²) >= 11 is 0. The number of fused-ring (bicyclic) bond motifs is 2. The van der Waals surface area contributed by atoms with E-state index < -0.39 is 9.84 Å². The van der Waals surface area contributed by atoms with Crippen molar-refractivity contribution in [3.8, 4) is 11.5 Å². The maximum Gasteiger partial charge on any atom is 0.181 e. The Labute approximate surface area is 163 Å². The lowest BCUT2D eigenvalue weighted by molar-refractivity contribution is 0.457. The summed E-state index contributed by atoms with van der Waals surface area (Å²) in [5.41, 5.74) is 15.9. The van der Waals surface area contributed by atoms with Crippen LogP contribution in [0.3, 0.4) is 0 Å². The smallest absolute Gasteiger partial charge is 0.181 e. The average molecular weight is 392 g/mol. The van der Waals surface area contributed by atoms with Crippen molar-refractivity contribution in [1.29, 1.82) is 0 Å². The molecule has 3 aromatic carbocycles. The third kappa shape index (κ3) is 2.65. The molecule has 6 heteroatoms. The van der Waals surface area contributed by atoms with Gasteiger partial charge in [0.15, 0.2) is 15.6 Å². The van der Waals surface area contributed by atoms with Gasteiger partial charge in [0.05, 0.1) is 5.69 Å². The van der Waals surface area contributed by atoms with E-state index in [4.69, 9.17) is 16.2 Å². The van der Waals surface area contributed by atoms with Crippen molar-refractivity contribution >= 4 is 33.4 Å². The summed E-state index contributed by atoms with van der Waals surface area (Å²) in [7, 11) is -3.63. The molecule has 0 fully saturated rings. The van der Waals surface area contributed by atoms with Crippen molar-refractivity contribution in [1.82, 2.24) is 0 Å². The third-order valence-corrected chi connectivity index (χ3v) is 6.15. The van der Waals surface area contributed by atoms with Crippen LogP contribution in [0, 0.1) is 6.92 Å². The maximum absolute atomic E-state index is 12.5. The Bertz CT molecular complexity index is 1360. The predicted octanol–water partition coefficient (Wildman–Crippen LogP) is 2.33. The van der Waals surface area contributed by atoms with Crippen molar-refractivity contribution in [2.24, 2.45) is 0 Å². The monoisotopic (exact) mass is 392 g/mol. The number of benzene rings is 3. The zero-order valence-corrected chi connectivity index (χ0v) is 16.4. The fourth-order valence-electron chi connectivity index (χ4n) is 3.60. The van der Waals surface area contributed by atoms with Gasteiger partial charge < -0.3 is 16.2 Å². The molecule has 0 saturated heterocycles. The van der Waals surface area contributed by atoms with Gasteiger partial charge in [-0.3, -0.25) is 0 Å². The minimum atomic E-state index is -3.63. The maximum atomic E-state index is 12.5. The molecule has 0 amide bonds. The number of anilines is 2. The highest BCUT2D eigenvalue weighted by Crippen LogP contribution is 2.49. The van der Waals surface area contributed by atoms with E-state index in [-0.39, 0.29) is 16.3 Å². The van der Waals surface area contributed by atoms with E-state index in [9.17, 15) is 8.42 Å². The Balaban J connectivity index is 2.27. The van der Waals surface area contributed by atoms with Crippen molar-refractivity contribution in [3.63, 3.8) is 0 Å². The summed E-state index contributed by atoms with van der Waals surface area (Å²) in [6, 6.07) is 14.8. The van der Waals surface area contributed by atoms with Gasteiger partial charge >= 0.3 is 0 Å². The highest BCUT2D eigenvalue weighted by Gasteiger charge is 2.31. The van der Waals surface area contributed by atoms with Crippen LogP contribution in [0.1, 0.15) is 16.7 Å². The van der Waals surface area contributed by atoms with Gasteiger partial charge in [0.25, 0.3) is 0 Å². The SMILES string of the molecule is C=c1ccccc1=C1c2ccc(N)c(C)c2Oc2c1ccc(N)c2S(C)(=O)=O. The standard InChI is InChI=1S/C22H20N2O3S/c1-12-6-4-5-7-14(12)19-15-8-10-17(23)13(2)20(15)27-21-16(19)9-11-18(24)22(21)28(3,25)26/h4-11H,1,23-24H2,2-3H3. The molecule has 0 bridgehead atoms. The van der Waals surface area contributed by atoms with Crippen molar-refractivity contribution < 1.29 is 13.2 Å². The molecule has 0 aromatic heterocycles. The molecule has 5 nitrogen and oxygen atoms in total. The van der Waals surface area contributed by atoms with Gasteiger partial charge in [-0.05, 0) is 41.6 Å². The van der Waals surface area contributed by atoms with Crippen molar-refractivity contribution in [3.05, 3.63) is 75.7 Å². The van der Waals surface area contributed by atoms with Crippen LogP contribution in [0.5, 0.6) is 11.5 Å². The first-order valence-electron chi connectivity index (χ1n) is 8.68. The molecule has 0 spiro atoms. The first-order valence-corrected chi connectivity index (χ1v) is 10.6. The number of rotatable bonds is 1. The minimum absolute atomic E-state index is 0.0171. The van der Waals surface area contributed by atoms with Gasteiger partial charge in [-0.2, -0.15) is 0 Å². The molecule has 28 heavy (non-hydrogen) atoms. The van der Waals surface area contributed by atoms with Crippen LogP contribution in [0.2, 0.25) is 0 Å². The number of hydrogen-bond acceptors (Lipinski definition) is 5. The molecule has 1 heterocycles. The molecular formula is C22H20N2O3S. The molecule has 0 saturated carbocycles. The van der Waals surface area contributed by atoms with Crippen LogP contribution in [0.15, 0.2) is 53.4 Å². The average Bonchev–Trinajstić information content (AvgIpc) is 2.63. The van der Waals surface area contributed by atoms with E-state index >= 15 is 0 Å². The number of nitrogens with two attached hydrogens (primary N) is 2. The van der Waals surface area contributed by atoms with Gasteiger partial charge in [-0.15, -0.1) is 0 Å². The molecule has 0 radical (unpaired) electrons. The van der Waals surface area contributed by atoms with E-state index in [1.54, 1.807) is 12.1 Å². The number of nitrogen functional groups attached to an aromatic ring is 2. The Morgan fingerprint density at radius 1 is 0.893 bits per heavy atom. The number of ether oxygens (including phenoxy) is 1. The normalized spacial score (nSPS) is 14.8. The summed E-state index contributed by atoms with van der Waals surface area (Å²) in [6.45, 7) is 5.99. The lowest BCUT2D eigenvalue weighted by Crippen LogP contribution is -2.27. The van der Waals surface area contributed by atoms with Crippen LogP contribution >= 0.6 is 0 Å². The lowest BCUT2D eigenvalue weighted by atomic mass is 9.89. The Morgan fingerprint density at radius 2 is 1.50 bits per heavy atom. The molecule has 4 rings (SSSR count). The second kappa shape index (κ2) is 6.14. The van der Waals surface area contributed by atoms with E-state index in [0.717, 1.165) is 33.4 Å². The van der Waals surface area contributed by atoms with Crippen molar-refractivity contribution in [2.45, 2.75) is 11.8 Å². The summed E-state index contributed by atoms with van der Waals surface area (Å²) < 4.78 is 31.1. The fourth-order valence-corrected chi connectivity index (χ4v) is 4.58. The summed E-state index contributed by atoms with van der Waals surface area (Å²) in [5, 5.41) is 1.71. The molecule has 142 valence electrons. The number of sulfone groups is 1. The van der Waals surface area contributed by atoms with Gasteiger partial charge in [-0.1, -0.05) is 30.8 Å². The lowest BCUT2D eigenvalue weighted by Gasteiger charge is -2.27. The first-order chi connectivity index (χ1) is 13.2. The van der Waals surface area contributed by atoms with Gasteiger partial charge in [0.1, 0.15) is 10.6 Å². The van der Waals surface area contributed by atoms with E-state index in [2.05, 4.69) is 6.58 Å². The summed E-state index contributed by atoms with van der Waals surface area (Å²) in [6.07, 6.45) is 1.12. The van der Waals surface area contributed by atoms with Crippen LogP contribution in [-0.2, 0) is 9.84 Å².